The van der Waals surface area contributed by atoms with Gasteiger partial charge in [0.15, 0.2) is 0 Å². The summed E-state index contributed by atoms with van der Waals surface area (Å²) in [6, 6.07) is 0. The van der Waals surface area contributed by atoms with Gasteiger partial charge in [0, 0.05) is 39.3 Å². The van der Waals surface area contributed by atoms with Crippen LogP contribution in [0.3, 0.4) is 0 Å². The molecule has 0 spiro atoms. The van der Waals surface area contributed by atoms with E-state index in [-0.39, 0.29) is 6.09 Å². The van der Waals surface area contributed by atoms with Gasteiger partial charge in [-0.2, -0.15) is 0 Å². The Kier molecular flexibility index (Phi) is 6.03. The van der Waals surface area contributed by atoms with Crippen molar-refractivity contribution in [3.05, 3.63) is 0 Å². The van der Waals surface area contributed by atoms with Crippen LogP contribution in [0.15, 0.2) is 0 Å². The number of carbonyl (C=O) groups is 1. The van der Waals surface area contributed by atoms with Crippen LogP contribution in [0, 0.1) is 0 Å². The molecule has 3 N–H and O–H groups in total. The van der Waals surface area contributed by atoms with Gasteiger partial charge in [-0.25, -0.2) is 4.79 Å². The number of carbonyl (C=O) groups excluding carboxylic acids is 1. The minimum absolute atomic E-state index is 0.242. The third-order valence-electron chi connectivity index (χ3n) is 3.07. The van der Waals surface area contributed by atoms with E-state index in [1.165, 1.54) is 0 Å². The van der Waals surface area contributed by atoms with E-state index in [0.29, 0.717) is 26.1 Å². The number of aliphatic hydroxyl groups is 1. The normalized spacial score (nSPS) is 19.3. The molecule has 6 heteroatoms. The Bertz CT molecular complexity index is 283. The number of rotatable bonds is 4. The zero-order chi connectivity index (χ0) is 14.5. The number of aliphatic hydroxyl groups excluding tert-OH is 1. The fraction of sp³-hybridized carbons (Fsp3) is 0.923. The van der Waals surface area contributed by atoms with Gasteiger partial charge in [-0.05, 0) is 27.2 Å². The lowest BCUT2D eigenvalue weighted by atomic mass is 10.2. The van der Waals surface area contributed by atoms with Gasteiger partial charge in [0.05, 0.1) is 6.10 Å². The molecule has 0 aromatic carbocycles. The molecule has 19 heavy (non-hydrogen) atoms. The molecule has 0 bridgehead atoms. The Hall–Kier alpha value is -0.850. The molecule has 1 atom stereocenters. The lowest BCUT2D eigenvalue weighted by Gasteiger charge is -2.35. The smallest absolute Gasteiger partial charge is 0.410 e. The zero-order valence-electron chi connectivity index (χ0n) is 12.3. The van der Waals surface area contributed by atoms with Crippen molar-refractivity contribution in [2.45, 2.75) is 38.9 Å². The molecule has 0 saturated carbocycles. The van der Waals surface area contributed by atoms with Gasteiger partial charge in [-0.3, -0.25) is 4.90 Å². The van der Waals surface area contributed by atoms with Crippen LogP contribution < -0.4 is 5.73 Å². The molecule has 1 unspecified atom stereocenters. The van der Waals surface area contributed by atoms with E-state index in [2.05, 4.69) is 4.90 Å². The first kappa shape index (κ1) is 16.2. The summed E-state index contributed by atoms with van der Waals surface area (Å²) in [6.07, 6.45) is 0.0150. The van der Waals surface area contributed by atoms with Gasteiger partial charge in [0.25, 0.3) is 0 Å². The molecule has 0 aromatic heterocycles. The predicted octanol–water partition coefficient (Wildman–Crippen LogP) is 0.249. The molecule has 1 aliphatic rings. The van der Waals surface area contributed by atoms with Crippen molar-refractivity contribution in [1.29, 1.82) is 0 Å². The summed E-state index contributed by atoms with van der Waals surface area (Å²) in [7, 11) is 0. The van der Waals surface area contributed by atoms with Crippen molar-refractivity contribution >= 4 is 6.09 Å². The van der Waals surface area contributed by atoms with Crippen LogP contribution in [-0.2, 0) is 4.74 Å². The van der Waals surface area contributed by atoms with Gasteiger partial charge < -0.3 is 20.5 Å². The monoisotopic (exact) mass is 273 g/mol. The number of nitrogens with two attached hydrogens (primary N) is 1. The third kappa shape index (κ3) is 6.22. The van der Waals surface area contributed by atoms with Gasteiger partial charge in [-0.1, -0.05) is 0 Å². The summed E-state index contributed by atoms with van der Waals surface area (Å²) in [4.78, 5) is 15.8. The molecule has 0 aliphatic carbocycles. The second-order valence-corrected chi connectivity index (χ2v) is 5.99. The van der Waals surface area contributed by atoms with Crippen molar-refractivity contribution in [2.75, 3.05) is 39.3 Å². The molecule has 0 radical (unpaired) electrons. The number of hydrogen-bond donors (Lipinski definition) is 2. The highest BCUT2D eigenvalue weighted by molar-refractivity contribution is 5.68. The highest BCUT2D eigenvalue weighted by Gasteiger charge is 2.25. The van der Waals surface area contributed by atoms with Crippen molar-refractivity contribution in [3.8, 4) is 0 Å². The van der Waals surface area contributed by atoms with Crippen LogP contribution in [0.1, 0.15) is 27.2 Å². The fourth-order valence-corrected chi connectivity index (χ4v) is 1.93. The molecule has 1 fully saturated rings. The van der Waals surface area contributed by atoms with Crippen LogP contribution >= 0.6 is 0 Å². The SMILES string of the molecule is CC(C)(C)OC(=O)N1CCN(CCC(O)CN)CC1. The Morgan fingerprint density at radius 1 is 1.32 bits per heavy atom. The molecule has 1 rings (SSSR count). The molecule has 1 heterocycles. The van der Waals surface area contributed by atoms with Crippen molar-refractivity contribution in [3.63, 3.8) is 0 Å². The topological polar surface area (TPSA) is 79.0 Å². The second-order valence-electron chi connectivity index (χ2n) is 5.99. The minimum Gasteiger partial charge on any atom is -0.444 e. The Balaban J connectivity index is 2.27. The van der Waals surface area contributed by atoms with Gasteiger partial charge >= 0.3 is 6.09 Å². The van der Waals surface area contributed by atoms with Gasteiger partial charge in [-0.15, -0.1) is 0 Å². The number of amides is 1. The van der Waals surface area contributed by atoms with E-state index in [4.69, 9.17) is 10.5 Å². The maximum absolute atomic E-state index is 11.9. The average Bonchev–Trinajstić information content (AvgIpc) is 2.34. The maximum Gasteiger partial charge on any atom is 0.410 e. The van der Waals surface area contributed by atoms with Crippen LogP contribution in [-0.4, -0.2) is 72.0 Å². The van der Waals surface area contributed by atoms with E-state index in [1.807, 2.05) is 20.8 Å². The first-order valence-corrected chi connectivity index (χ1v) is 6.90. The summed E-state index contributed by atoms with van der Waals surface area (Å²) < 4.78 is 5.34. The predicted molar refractivity (Wildman–Crippen MR) is 73.9 cm³/mol. The molecule has 0 aromatic rings. The molecule has 6 nitrogen and oxygen atoms in total. The summed E-state index contributed by atoms with van der Waals surface area (Å²) in [5, 5.41) is 9.42. The molecular weight excluding hydrogens is 246 g/mol. The summed E-state index contributed by atoms with van der Waals surface area (Å²) >= 11 is 0. The summed E-state index contributed by atoms with van der Waals surface area (Å²) in [6.45, 7) is 9.72. The van der Waals surface area contributed by atoms with Gasteiger partial charge in [0.1, 0.15) is 5.60 Å². The lowest BCUT2D eigenvalue weighted by molar-refractivity contribution is 0.0133. The lowest BCUT2D eigenvalue weighted by Crippen LogP contribution is -2.50. The van der Waals surface area contributed by atoms with E-state index in [0.717, 1.165) is 19.6 Å². The standard InChI is InChI=1S/C13H27N3O3/c1-13(2,3)19-12(18)16-8-6-15(7-9-16)5-4-11(17)10-14/h11,17H,4-10,14H2,1-3H3. The number of piperazine rings is 1. The van der Waals surface area contributed by atoms with E-state index < -0.39 is 11.7 Å². The van der Waals surface area contributed by atoms with E-state index in [9.17, 15) is 9.90 Å². The average molecular weight is 273 g/mol. The van der Waals surface area contributed by atoms with Crippen molar-refractivity contribution in [2.24, 2.45) is 5.73 Å². The third-order valence-corrected chi connectivity index (χ3v) is 3.07. The Morgan fingerprint density at radius 3 is 2.37 bits per heavy atom. The highest BCUT2D eigenvalue weighted by Crippen LogP contribution is 2.12. The largest absolute Gasteiger partial charge is 0.444 e. The van der Waals surface area contributed by atoms with Crippen molar-refractivity contribution < 1.29 is 14.6 Å². The van der Waals surface area contributed by atoms with Crippen LogP contribution in [0.25, 0.3) is 0 Å². The summed E-state index contributed by atoms with van der Waals surface area (Å²) in [5.41, 5.74) is 4.93. The number of ether oxygens (including phenoxy) is 1. The molecular formula is C13H27N3O3. The van der Waals surface area contributed by atoms with E-state index in [1.54, 1.807) is 4.90 Å². The Morgan fingerprint density at radius 2 is 1.89 bits per heavy atom. The van der Waals surface area contributed by atoms with Gasteiger partial charge in [0.2, 0.25) is 0 Å². The molecule has 112 valence electrons. The van der Waals surface area contributed by atoms with Crippen LogP contribution in [0.4, 0.5) is 4.79 Å². The first-order valence-electron chi connectivity index (χ1n) is 6.90. The van der Waals surface area contributed by atoms with E-state index >= 15 is 0 Å². The quantitative estimate of drug-likeness (QED) is 0.767. The molecule has 1 amide bonds. The maximum atomic E-state index is 11.9. The summed E-state index contributed by atoms with van der Waals surface area (Å²) in [5.74, 6) is 0. The minimum atomic E-state index is -0.445. The number of nitrogens with zero attached hydrogens (tertiary/aromatic N) is 2. The fourth-order valence-electron chi connectivity index (χ4n) is 1.93. The first-order chi connectivity index (χ1) is 8.81. The Labute approximate surface area is 115 Å². The van der Waals surface area contributed by atoms with Crippen LogP contribution in [0.2, 0.25) is 0 Å². The number of hydrogen-bond acceptors (Lipinski definition) is 5. The highest BCUT2D eigenvalue weighted by atomic mass is 16.6. The molecule has 1 saturated heterocycles. The van der Waals surface area contributed by atoms with Crippen LogP contribution in [0.5, 0.6) is 0 Å². The van der Waals surface area contributed by atoms with Crippen molar-refractivity contribution in [1.82, 2.24) is 9.80 Å². The zero-order valence-corrected chi connectivity index (χ0v) is 12.3. The molecule has 1 aliphatic heterocycles. The second kappa shape index (κ2) is 7.07.